The number of hydrogen-bond donors (Lipinski definition) is 0. The lowest BCUT2D eigenvalue weighted by atomic mass is 9.79. The van der Waals surface area contributed by atoms with Gasteiger partial charge in [-0.3, -0.25) is 4.57 Å². The van der Waals surface area contributed by atoms with Crippen molar-refractivity contribution in [3.63, 3.8) is 0 Å². The SMILES string of the molecule is CC(C)(C)c1cc(N2CN(c3cccc(Oc4ccc5c6cc(-c7ccccc7)ccc6n(-c6cc(C(C)(C)C)ccn6)c5c4)c3)C=C2C(C)(C)c2ccccc2)cc(C(C)(C)C)c1. The van der Waals surface area contributed by atoms with Crippen LogP contribution in [0.3, 0.4) is 0 Å². The Balaban J connectivity index is 1.11. The third-order valence-electron chi connectivity index (χ3n) is 13.0. The smallest absolute Gasteiger partial charge is 0.137 e. The minimum absolute atomic E-state index is 0.00459. The first-order chi connectivity index (χ1) is 30.3. The van der Waals surface area contributed by atoms with E-state index in [2.05, 4.69) is 248 Å². The number of nitrogens with zero attached hydrogens (tertiary/aromatic N) is 4. The molecule has 9 rings (SSSR count). The number of allylic oxidation sites excluding steroid dienone is 1. The second-order valence-electron chi connectivity index (χ2n) is 21.2. The molecule has 0 N–H and O–H groups in total. The standard InChI is InChI=1S/C59H62N4O/c1-56(2,3)43-29-30-60-55(35-43)63-52-28-25-41(40-19-14-12-15-20-40)31-51(52)50-27-26-49(37-53(50)63)64-48-24-18-23-46(36-48)61-38-54(59(10,11)42-21-16-13-17-22-42)62(39-61)47-33-44(57(4,5)6)32-45(34-47)58(7,8)9/h12-38H,39H2,1-11H3. The first kappa shape index (κ1) is 42.7. The number of anilines is 2. The van der Waals surface area contributed by atoms with Crippen molar-refractivity contribution in [2.24, 2.45) is 0 Å². The van der Waals surface area contributed by atoms with E-state index in [1.807, 2.05) is 6.20 Å². The molecule has 0 bridgehead atoms. The highest BCUT2D eigenvalue weighted by molar-refractivity contribution is 6.10. The van der Waals surface area contributed by atoms with Gasteiger partial charge in [-0.1, -0.05) is 155 Å². The maximum absolute atomic E-state index is 6.83. The van der Waals surface area contributed by atoms with Crippen molar-refractivity contribution in [3.8, 4) is 28.4 Å². The second-order valence-corrected chi connectivity index (χ2v) is 21.2. The van der Waals surface area contributed by atoms with Crippen molar-refractivity contribution in [2.45, 2.75) is 97.8 Å². The van der Waals surface area contributed by atoms with Gasteiger partial charge in [-0.2, -0.15) is 0 Å². The number of hydrogen-bond acceptors (Lipinski definition) is 4. The molecule has 3 heterocycles. The Morgan fingerprint density at radius 3 is 1.80 bits per heavy atom. The lowest BCUT2D eigenvalue weighted by Crippen LogP contribution is -2.34. The quantitative estimate of drug-likeness (QED) is 0.153. The summed E-state index contributed by atoms with van der Waals surface area (Å²) < 4.78 is 9.12. The van der Waals surface area contributed by atoms with Crippen molar-refractivity contribution in [1.82, 2.24) is 9.55 Å². The molecule has 0 saturated heterocycles. The zero-order valence-electron chi connectivity index (χ0n) is 39.5. The van der Waals surface area contributed by atoms with Crippen molar-refractivity contribution in [1.29, 1.82) is 0 Å². The van der Waals surface area contributed by atoms with Crippen molar-refractivity contribution >= 4 is 33.2 Å². The van der Waals surface area contributed by atoms with Gasteiger partial charge >= 0.3 is 0 Å². The van der Waals surface area contributed by atoms with Crippen molar-refractivity contribution < 1.29 is 4.74 Å². The molecule has 0 saturated carbocycles. The average Bonchev–Trinajstić information content (AvgIpc) is 3.87. The molecule has 5 nitrogen and oxygen atoms in total. The largest absolute Gasteiger partial charge is 0.457 e. The third-order valence-corrected chi connectivity index (χ3v) is 13.0. The number of ether oxygens (including phenoxy) is 1. The normalized spacial score (nSPS) is 13.8. The lowest BCUT2D eigenvalue weighted by Gasteiger charge is -2.36. The van der Waals surface area contributed by atoms with Gasteiger partial charge in [0.1, 0.15) is 17.3 Å². The van der Waals surface area contributed by atoms with Crippen LogP contribution in [-0.2, 0) is 21.7 Å². The summed E-state index contributed by atoms with van der Waals surface area (Å²) in [6.07, 6.45) is 4.28. The molecule has 64 heavy (non-hydrogen) atoms. The highest BCUT2D eigenvalue weighted by Crippen LogP contribution is 2.44. The summed E-state index contributed by atoms with van der Waals surface area (Å²) in [5, 5.41) is 2.33. The first-order valence-corrected chi connectivity index (χ1v) is 22.7. The van der Waals surface area contributed by atoms with Crippen LogP contribution in [0, 0.1) is 0 Å². The molecule has 1 aliphatic heterocycles. The Labute approximate surface area is 380 Å². The number of aromatic nitrogens is 2. The summed E-state index contributed by atoms with van der Waals surface area (Å²) in [6, 6.07) is 54.8. The van der Waals surface area contributed by atoms with Crippen LogP contribution in [0.5, 0.6) is 11.5 Å². The molecule has 5 heteroatoms. The number of pyridine rings is 1. The first-order valence-electron chi connectivity index (χ1n) is 22.7. The minimum Gasteiger partial charge on any atom is -0.457 e. The predicted octanol–water partition coefficient (Wildman–Crippen LogP) is 15.6. The molecule has 0 radical (unpaired) electrons. The highest BCUT2D eigenvalue weighted by atomic mass is 16.5. The van der Waals surface area contributed by atoms with Crippen LogP contribution >= 0.6 is 0 Å². The summed E-state index contributed by atoms with van der Waals surface area (Å²) >= 11 is 0. The summed E-state index contributed by atoms with van der Waals surface area (Å²) in [7, 11) is 0. The summed E-state index contributed by atoms with van der Waals surface area (Å²) in [6.45, 7) is 26.0. The van der Waals surface area contributed by atoms with Gasteiger partial charge in [0.25, 0.3) is 0 Å². The minimum atomic E-state index is -0.277. The van der Waals surface area contributed by atoms with E-state index in [1.54, 1.807) is 0 Å². The molecule has 1 aliphatic rings. The van der Waals surface area contributed by atoms with E-state index in [-0.39, 0.29) is 21.7 Å². The van der Waals surface area contributed by atoms with Crippen LogP contribution in [-0.4, -0.2) is 16.2 Å². The maximum Gasteiger partial charge on any atom is 0.137 e. The Morgan fingerprint density at radius 2 is 1.12 bits per heavy atom. The lowest BCUT2D eigenvalue weighted by molar-refractivity contribution is 0.483. The Morgan fingerprint density at radius 1 is 0.469 bits per heavy atom. The van der Waals surface area contributed by atoms with E-state index < -0.39 is 0 Å². The maximum atomic E-state index is 6.83. The summed E-state index contributed by atoms with van der Waals surface area (Å²) in [5.74, 6) is 2.43. The van der Waals surface area contributed by atoms with Crippen LogP contribution in [0.15, 0.2) is 170 Å². The Hall–Kier alpha value is -6.59. The van der Waals surface area contributed by atoms with E-state index in [0.717, 1.165) is 39.4 Å². The molecule has 6 aromatic carbocycles. The summed E-state index contributed by atoms with van der Waals surface area (Å²) in [5.41, 5.74) is 12.9. The second kappa shape index (κ2) is 15.9. The van der Waals surface area contributed by atoms with Crippen LogP contribution in [0.2, 0.25) is 0 Å². The van der Waals surface area contributed by atoms with E-state index in [1.165, 1.54) is 50.2 Å². The van der Waals surface area contributed by atoms with Crippen LogP contribution in [0.4, 0.5) is 11.4 Å². The molecule has 0 unspecified atom stereocenters. The molecule has 0 aliphatic carbocycles. The van der Waals surface area contributed by atoms with Crippen LogP contribution in [0.1, 0.15) is 98.4 Å². The number of fused-ring (bicyclic) bond motifs is 3. The van der Waals surface area contributed by atoms with Gasteiger partial charge in [0, 0.05) is 57.8 Å². The fourth-order valence-corrected chi connectivity index (χ4v) is 8.99. The van der Waals surface area contributed by atoms with E-state index in [0.29, 0.717) is 6.67 Å². The predicted molar refractivity (Wildman–Crippen MR) is 270 cm³/mol. The topological polar surface area (TPSA) is 33.5 Å². The van der Waals surface area contributed by atoms with Crippen LogP contribution in [0.25, 0.3) is 38.8 Å². The molecule has 2 aromatic heterocycles. The Kier molecular flexibility index (Phi) is 10.6. The van der Waals surface area contributed by atoms with Crippen LogP contribution < -0.4 is 14.5 Å². The molecule has 0 spiro atoms. The van der Waals surface area contributed by atoms with Gasteiger partial charge in [0.15, 0.2) is 0 Å². The summed E-state index contributed by atoms with van der Waals surface area (Å²) in [4.78, 5) is 9.84. The average molecular weight is 843 g/mol. The molecular formula is C59H62N4O. The fraction of sp³-hybridized carbons (Fsp3) is 0.271. The monoisotopic (exact) mass is 842 g/mol. The number of rotatable bonds is 8. The fourth-order valence-electron chi connectivity index (χ4n) is 8.99. The van der Waals surface area contributed by atoms with Crippen molar-refractivity contribution in [2.75, 3.05) is 16.5 Å². The van der Waals surface area contributed by atoms with E-state index in [9.17, 15) is 0 Å². The van der Waals surface area contributed by atoms with E-state index >= 15 is 0 Å². The molecule has 8 aromatic rings. The van der Waals surface area contributed by atoms with E-state index in [4.69, 9.17) is 9.72 Å². The van der Waals surface area contributed by atoms with Crippen molar-refractivity contribution in [3.05, 3.63) is 192 Å². The van der Waals surface area contributed by atoms with Gasteiger partial charge in [-0.25, -0.2) is 4.98 Å². The zero-order valence-corrected chi connectivity index (χ0v) is 39.5. The molecular weight excluding hydrogens is 781 g/mol. The molecule has 0 amide bonds. The Bertz CT molecular complexity index is 2990. The van der Waals surface area contributed by atoms with Gasteiger partial charge in [-0.05, 0) is 110 Å². The van der Waals surface area contributed by atoms with Gasteiger partial charge in [0.05, 0.1) is 17.7 Å². The molecule has 324 valence electrons. The number of benzene rings is 6. The molecule has 0 fully saturated rings. The highest BCUT2D eigenvalue weighted by Gasteiger charge is 2.37. The van der Waals surface area contributed by atoms with Gasteiger partial charge < -0.3 is 14.5 Å². The molecule has 0 atom stereocenters. The van der Waals surface area contributed by atoms with Gasteiger partial charge in [-0.15, -0.1) is 0 Å². The van der Waals surface area contributed by atoms with Gasteiger partial charge in [0.2, 0.25) is 0 Å². The zero-order chi connectivity index (χ0) is 45.2. The third kappa shape index (κ3) is 8.20.